The number of aryl methyl sites for hydroxylation is 1. The molecule has 2 aliphatic rings. The number of Topliss-reactive ketones (excluding diaryl/α,β-unsaturated/α-hetero) is 1. The van der Waals surface area contributed by atoms with Crippen molar-refractivity contribution in [2.45, 2.75) is 19.4 Å². The smallest absolute Gasteiger partial charge is 0.295 e. The van der Waals surface area contributed by atoms with E-state index in [9.17, 15) is 14.7 Å². The highest BCUT2D eigenvalue weighted by Gasteiger charge is 2.46. The minimum absolute atomic E-state index is 0.0128. The van der Waals surface area contributed by atoms with Crippen LogP contribution in [0.15, 0.2) is 42.0 Å². The van der Waals surface area contributed by atoms with E-state index in [1.54, 1.807) is 50.4 Å². The van der Waals surface area contributed by atoms with Crippen LogP contribution < -0.4 is 4.74 Å². The van der Waals surface area contributed by atoms with Gasteiger partial charge in [-0.05, 0) is 54.8 Å². The van der Waals surface area contributed by atoms with E-state index in [0.717, 1.165) is 19.6 Å². The highest BCUT2D eigenvalue weighted by molar-refractivity contribution is 6.47. The van der Waals surface area contributed by atoms with Crippen molar-refractivity contribution in [3.8, 4) is 5.75 Å². The van der Waals surface area contributed by atoms with Crippen molar-refractivity contribution in [1.29, 1.82) is 0 Å². The second kappa shape index (κ2) is 11.0. The molecule has 1 N–H and O–H groups in total. The molecule has 2 aromatic carbocycles. The average molecular weight is 519 g/mol. The van der Waals surface area contributed by atoms with E-state index in [1.807, 2.05) is 0 Å². The third-order valence-electron chi connectivity index (χ3n) is 6.46. The van der Waals surface area contributed by atoms with Crippen LogP contribution in [-0.2, 0) is 14.3 Å². The maximum absolute atomic E-state index is 13.3. The SMILES string of the molecule is COc1ccc(/C(O)=C2\C(=O)C(=O)N(CCCN3CCOCC3)[C@@H]2c2ccc(Cl)cc2Cl)c(C)c1. The van der Waals surface area contributed by atoms with Crippen LogP contribution in [0.1, 0.15) is 29.2 Å². The predicted molar refractivity (Wildman–Crippen MR) is 135 cm³/mol. The van der Waals surface area contributed by atoms with Crippen molar-refractivity contribution in [2.75, 3.05) is 46.5 Å². The lowest BCUT2D eigenvalue weighted by molar-refractivity contribution is -0.140. The predicted octanol–water partition coefficient (Wildman–Crippen LogP) is 4.45. The summed E-state index contributed by atoms with van der Waals surface area (Å²) in [6, 6.07) is 9.24. The van der Waals surface area contributed by atoms with Crippen molar-refractivity contribution in [2.24, 2.45) is 0 Å². The fraction of sp³-hybridized carbons (Fsp3) is 0.385. The summed E-state index contributed by atoms with van der Waals surface area (Å²) in [5.41, 5.74) is 1.71. The second-order valence-corrected chi connectivity index (χ2v) is 9.49. The average Bonchev–Trinajstić information content (AvgIpc) is 3.09. The molecule has 1 amide bonds. The Morgan fingerprint density at radius 2 is 1.86 bits per heavy atom. The van der Waals surface area contributed by atoms with Crippen LogP contribution in [0.25, 0.3) is 5.76 Å². The molecule has 7 nitrogen and oxygen atoms in total. The summed E-state index contributed by atoms with van der Waals surface area (Å²) in [5.74, 6) is -1.01. The zero-order chi connectivity index (χ0) is 25.1. The largest absolute Gasteiger partial charge is 0.507 e. The van der Waals surface area contributed by atoms with Gasteiger partial charge in [-0.3, -0.25) is 14.5 Å². The molecule has 2 fully saturated rings. The molecule has 4 rings (SSSR count). The van der Waals surface area contributed by atoms with E-state index in [0.29, 0.717) is 58.7 Å². The lowest BCUT2D eigenvalue weighted by Gasteiger charge is -2.29. The van der Waals surface area contributed by atoms with Crippen LogP contribution in [0, 0.1) is 6.92 Å². The van der Waals surface area contributed by atoms with Crippen LogP contribution in [0.3, 0.4) is 0 Å². The van der Waals surface area contributed by atoms with Crippen molar-refractivity contribution >= 4 is 40.7 Å². The Hall–Kier alpha value is -2.58. The molecule has 2 heterocycles. The monoisotopic (exact) mass is 518 g/mol. The van der Waals surface area contributed by atoms with Gasteiger partial charge in [0.15, 0.2) is 0 Å². The Labute approximate surface area is 214 Å². The topological polar surface area (TPSA) is 79.3 Å². The number of hydrogen-bond acceptors (Lipinski definition) is 6. The standard InChI is InChI=1S/C26H28Cl2N2O5/c1-16-14-18(34-2)5-7-19(16)24(31)22-23(20-6-4-17(27)15-21(20)28)30(26(33)25(22)32)9-3-8-29-10-12-35-13-11-29/h4-7,14-15,23,31H,3,8-13H2,1-2H3/b24-22+/t23-/m1/s1. The third kappa shape index (κ3) is 5.33. The van der Waals surface area contributed by atoms with Crippen molar-refractivity contribution in [3.05, 3.63) is 68.7 Å². The van der Waals surface area contributed by atoms with Crippen LogP contribution in [-0.4, -0.2) is 73.1 Å². The maximum Gasteiger partial charge on any atom is 0.295 e. The summed E-state index contributed by atoms with van der Waals surface area (Å²) in [6.07, 6.45) is 0.663. The number of amides is 1. The molecule has 2 aromatic rings. The summed E-state index contributed by atoms with van der Waals surface area (Å²) in [5, 5.41) is 12.1. The zero-order valence-corrected chi connectivity index (χ0v) is 21.2. The minimum atomic E-state index is -0.828. The lowest BCUT2D eigenvalue weighted by Crippen LogP contribution is -2.39. The molecule has 0 unspecified atom stereocenters. The molecular weight excluding hydrogens is 491 g/mol. The van der Waals surface area contributed by atoms with Gasteiger partial charge in [0.05, 0.1) is 31.9 Å². The lowest BCUT2D eigenvalue weighted by atomic mass is 9.93. The van der Waals surface area contributed by atoms with Gasteiger partial charge in [0.2, 0.25) is 0 Å². The molecule has 0 bridgehead atoms. The van der Waals surface area contributed by atoms with Gasteiger partial charge in [-0.15, -0.1) is 0 Å². The first-order valence-electron chi connectivity index (χ1n) is 11.5. The molecule has 0 radical (unpaired) electrons. The number of nitrogens with zero attached hydrogens (tertiary/aromatic N) is 2. The van der Waals surface area contributed by atoms with Crippen LogP contribution in [0.4, 0.5) is 0 Å². The number of methoxy groups -OCH3 is 1. The van der Waals surface area contributed by atoms with Crippen molar-refractivity contribution in [3.63, 3.8) is 0 Å². The number of ketones is 1. The molecule has 0 aliphatic carbocycles. The Kier molecular flexibility index (Phi) is 8.02. The van der Waals surface area contributed by atoms with E-state index in [2.05, 4.69) is 4.90 Å². The van der Waals surface area contributed by atoms with E-state index < -0.39 is 17.7 Å². The number of rotatable bonds is 7. The van der Waals surface area contributed by atoms with Crippen molar-refractivity contribution < 1.29 is 24.2 Å². The van der Waals surface area contributed by atoms with Crippen LogP contribution in [0.2, 0.25) is 10.0 Å². The highest BCUT2D eigenvalue weighted by atomic mass is 35.5. The summed E-state index contributed by atoms with van der Waals surface area (Å²) in [6.45, 7) is 5.96. The fourth-order valence-electron chi connectivity index (χ4n) is 4.62. The first-order chi connectivity index (χ1) is 16.8. The van der Waals surface area contributed by atoms with E-state index in [4.69, 9.17) is 32.7 Å². The molecule has 2 aliphatic heterocycles. The van der Waals surface area contributed by atoms with Gasteiger partial charge in [0.1, 0.15) is 11.5 Å². The summed E-state index contributed by atoms with van der Waals surface area (Å²) >= 11 is 12.6. The number of hydrogen-bond donors (Lipinski definition) is 1. The van der Waals surface area contributed by atoms with Crippen molar-refractivity contribution in [1.82, 2.24) is 9.80 Å². The molecule has 2 saturated heterocycles. The van der Waals surface area contributed by atoms with Gasteiger partial charge >= 0.3 is 0 Å². The number of aliphatic hydroxyl groups is 1. The number of benzene rings is 2. The minimum Gasteiger partial charge on any atom is -0.507 e. The molecule has 1 atom stereocenters. The number of carbonyl (C=O) groups excluding carboxylic acids is 2. The first-order valence-corrected chi connectivity index (χ1v) is 12.3. The summed E-state index contributed by atoms with van der Waals surface area (Å²) in [4.78, 5) is 30.2. The van der Waals surface area contributed by atoms with Gasteiger partial charge in [0.25, 0.3) is 11.7 Å². The number of morpholine rings is 1. The Morgan fingerprint density at radius 1 is 1.11 bits per heavy atom. The van der Waals surface area contributed by atoms with E-state index in [-0.39, 0.29) is 11.3 Å². The van der Waals surface area contributed by atoms with Gasteiger partial charge in [0, 0.05) is 41.8 Å². The first kappa shape index (κ1) is 25.5. The molecule has 0 saturated carbocycles. The molecule has 0 spiro atoms. The summed E-state index contributed by atoms with van der Waals surface area (Å²) < 4.78 is 10.7. The van der Waals surface area contributed by atoms with E-state index in [1.165, 1.54) is 4.90 Å². The number of halogens is 2. The Morgan fingerprint density at radius 3 is 2.51 bits per heavy atom. The highest BCUT2D eigenvalue weighted by Crippen LogP contribution is 2.43. The Bertz CT molecular complexity index is 1160. The van der Waals surface area contributed by atoms with Gasteiger partial charge in [-0.2, -0.15) is 0 Å². The maximum atomic E-state index is 13.3. The normalized spacial score (nSPS) is 20.5. The second-order valence-electron chi connectivity index (χ2n) is 8.65. The molecule has 35 heavy (non-hydrogen) atoms. The number of carbonyl (C=O) groups is 2. The zero-order valence-electron chi connectivity index (χ0n) is 19.7. The Balaban J connectivity index is 1.73. The van der Waals surface area contributed by atoms with Gasteiger partial charge < -0.3 is 19.5 Å². The fourth-order valence-corrected chi connectivity index (χ4v) is 5.13. The molecule has 186 valence electrons. The molecule has 9 heteroatoms. The van der Waals surface area contributed by atoms with Gasteiger partial charge in [-0.25, -0.2) is 0 Å². The summed E-state index contributed by atoms with van der Waals surface area (Å²) in [7, 11) is 1.55. The number of likely N-dealkylation sites (tertiary alicyclic amines) is 1. The molecule has 0 aromatic heterocycles. The number of ether oxygens (including phenoxy) is 2. The van der Waals surface area contributed by atoms with Crippen LogP contribution in [0.5, 0.6) is 5.75 Å². The molecular formula is C26H28Cl2N2O5. The van der Waals surface area contributed by atoms with Gasteiger partial charge in [-0.1, -0.05) is 29.3 Å². The number of aliphatic hydroxyl groups excluding tert-OH is 1. The third-order valence-corrected chi connectivity index (χ3v) is 7.03. The van der Waals surface area contributed by atoms with E-state index >= 15 is 0 Å². The van der Waals surface area contributed by atoms with Crippen LogP contribution >= 0.6 is 23.2 Å². The quantitative estimate of drug-likeness (QED) is 0.331.